The summed E-state index contributed by atoms with van der Waals surface area (Å²) in [5.74, 6) is -0.884. The monoisotopic (exact) mass is 2240 g/mol. The van der Waals surface area contributed by atoms with Gasteiger partial charge < -0.3 is 33.9 Å². The SMILES string of the molecule is COC(=O)[C@H]1COC(=O)N1C1CCN(C(=O)OCc2ccccc2)CC1.COC(=O)[C@H]1COC(=O)N1C1CCNCC1.II(I)I(I)I.I[I-]I(I)I(I)I. The standard InChI is InChI=1S/C18H22N2O6.C10H16N2O4.I7.I6/c1-24-16(21)15-12-26-18(23)20(15)14-7-9-19(10-8-14)17(22)25-11-13-5-3-2-4-6-13;1-15-9(13)8-6-16-10(14)12(8)7-2-4-11-5-3-7;1-5-7(4)6(2)3;1-5(2)6(3)4/h2-6,14-15H,7-12H2,1H3;7-8,11H,2-6H2,1H3;;/q;;-1;/t15-;8-;;/m11../s1. The Balaban J connectivity index is 0.000000304. The second-order valence-electron chi connectivity index (χ2n) is 11.0. The fourth-order valence-electron chi connectivity index (χ4n) is 5.54. The molecular formula is C28H38I13N4O10-. The van der Waals surface area contributed by atoms with Crippen LogP contribution in [-0.4, -0.2) is 123 Å². The van der Waals surface area contributed by atoms with Crippen LogP contribution in [0.3, 0.4) is 0 Å². The van der Waals surface area contributed by atoms with Gasteiger partial charge in [-0.1, -0.05) is 30.3 Å². The van der Waals surface area contributed by atoms with Crippen LogP contribution in [0.15, 0.2) is 30.3 Å². The number of halogens is 13. The van der Waals surface area contributed by atoms with E-state index in [0.29, 0.717) is 39.2 Å². The molecule has 0 radical (unpaired) electrons. The summed E-state index contributed by atoms with van der Waals surface area (Å²) in [7, 11) is 1.49. The van der Waals surface area contributed by atoms with Gasteiger partial charge in [-0.05, 0) is 44.3 Å². The second kappa shape index (κ2) is 32.2. The van der Waals surface area contributed by atoms with Crippen LogP contribution in [0.4, 0.5) is 14.4 Å². The summed E-state index contributed by atoms with van der Waals surface area (Å²) < 4.78 is 24.7. The molecule has 4 aliphatic heterocycles. The van der Waals surface area contributed by atoms with Crippen LogP contribution in [0.1, 0.15) is 31.2 Å². The van der Waals surface area contributed by atoms with Gasteiger partial charge in [0.05, 0.1) is 14.2 Å². The van der Waals surface area contributed by atoms with Crippen molar-refractivity contribution in [1.29, 1.82) is 0 Å². The van der Waals surface area contributed by atoms with Gasteiger partial charge in [-0.15, -0.1) is 0 Å². The van der Waals surface area contributed by atoms with Gasteiger partial charge in [0.2, 0.25) is 0 Å². The molecule has 2 atom stereocenters. The summed E-state index contributed by atoms with van der Waals surface area (Å²) >= 11 is 22.0. The molecular weight excluding hydrogens is 2200 g/mol. The van der Waals surface area contributed by atoms with E-state index in [1.807, 2.05) is 30.3 Å². The number of hydrogen-bond donors (Lipinski definition) is 1. The number of carbonyl (C=O) groups is 5. The van der Waals surface area contributed by atoms with E-state index in [1.54, 1.807) is 4.90 Å². The Bertz CT molecular complexity index is 1340. The number of benzene rings is 1. The van der Waals surface area contributed by atoms with E-state index in [0.717, 1.165) is 31.5 Å². The molecule has 27 heteroatoms. The van der Waals surface area contributed by atoms with Crippen molar-refractivity contribution in [3.05, 3.63) is 35.9 Å². The van der Waals surface area contributed by atoms with Crippen LogP contribution in [0, 0.1) is 0 Å². The number of rotatable bonds is 9. The number of cyclic esters (lactones) is 2. The number of amides is 3. The molecule has 1 N–H and O–H groups in total. The van der Waals surface area contributed by atoms with Crippen molar-refractivity contribution in [1.82, 2.24) is 20.0 Å². The van der Waals surface area contributed by atoms with E-state index in [2.05, 4.69) is 159 Å². The molecule has 14 nitrogen and oxygen atoms in total. The molecule has 5 rings (SSSR count). The third kappa shape index (κ3) is 21.1. The number of hydrogen-bond acceptors (Lipinski definition) is 11. The van der Waals surface area contributed by atoms with Crippen molar-refractivity contribution in [2.75, 3.05) is 53.6 Å². The molecule has 322 valence electrons. The summed E-state index contributed by atoms with van der Waals surface area (Å²) in [6.45, 7) is 2.97. The predicted molar refractivity (Wildman–Crippen MR) is 313 cm³/mol. The fourth-order valence-corrected chi connectivity index (χ4v) is 215. The number of methoxy groups -OCH3 is 2. The van der Waals surface area contributed by atoms with Gasteiger partial charge in [0.1, 0.15) is 19.8 Å². The average Bonchev–Trinajstić information content (AvgIpc) is 3.79. The van der Waals surface area contributed by atoms with Crippen molar-refractivity contribution in [3.8, 4) is 0 Å². The zero-order valence-corrected chi connectivity index (χ0v) is 56.9. The molecule has 0 aromatic heterocycles. The minimum absolute atomic E-state index is 0.00480. The summed E-state index contributed by atoms with van der Waals surface area (Å²) in [5.41, 5.74) is 0.927. The van der Waals surface area contributed by atoms with Crippen molar-refractivity contribution in [2.24, 2.45) is 0 Å². The van der Waals surface area contributed by atoms with Gasteiger partial charge in [0, 0.05) is 25.2 Å². The second-order valence-corrected chi connectivity index (χ2v) is 222. The first kappa shape index (κ1) is 56.5. The number of piperidine rings is 2. The molecule has 0 bridgehead atoms. The van der Waals surface area contributed by atoms with Crippen LogP contribution in [0.25, 0.3) is 0 Å². The van der Waals surface area contributed by atoms with Crippen molar-refractivity contribution in [2.45, 2.75) is 56.5 Å². The Kier molecular flexibility index (Phi) is 33.1. The average molecular weight is 2240 g/mol. The zero-order chi connectivity index (χ0) is 41.1. The molecule has 4 aliphatic rings. The van der Waals surface area contributed by atoms with Crippen molar-refractivity contribution >= 4 is 211 Å². The molecule has 1 aromatic carbocycles. The quantitative estimate of drug-likeness (QED) is 0.143. The van der Waals surface area contributed by atoms with Crippen LogP contribution >= 0.6 is 181 Å². The van der Waals surface area contributed by atoms with E-state index >= 15 is 0 Å². The molecule has 4 saturated heterocycles. The van der Waals surface area contributed by atoms with Crippen LogP contribution in [0.2, 0.25) is 0 Å². The summed E-state index contributed by atoms with van der Waals surface area (Å²) in [6, 6.07) is 8.11. The number of nitrogens with one attached hydrogen (secondary N) is 1. The molecule has 3 amide bonds. The third-order valence-corrected chi connectivity index (χ3v) is 421. The Labute approximate surface area is 427 Å². The van der Waals surface area contributed by atoms with E-state index in [4.69, 9.17) is 18.9 Å². The third-order valence-electron chi connectivity index (χ3n) is 8.00. The molecule has 1 aromatic rings. The first-order chi connectivity index (χ1) is 26.2. The Morgan fingerprint density at radius 2 is 1.22 bits per heavy atom. The maximum atomic E-state index is 12.2. The summed E-state index contributed by atoms with van der Waals surface area (Å²) in [6.07, 6.45) is 1.53. The molecule has 55 heavy (non-hydrogen) atoms. The molecule has 4 fully saturated rings. The van der Waals surface area contributed by atoms with Gasteiger partial charge in [0.15, 0.2) is 12.1 Å². The van der Waals surface area contributed by atoms with Crippen molar-refractivity contribution in [3.63, 3.8) is 0 Å². The Hall–Kier alpha value is 5.42. The normalized spacial score (nSPS) is 20.9. The molecule has 0 unspecified atom stereocenters. The first-order valence-electron chi connectivity index (χ1n) is 15.6. The van der Waals surface area contributed by atoms with Gasteiger partial charge in [-0.2, -0.15) is 0 Å². The van der Waals surface area contributed by atoms with Crippen LogP contribution < -0.4 is 18.6 Å². The van der Waals surface area contributed by atoms with E-state index in [9.17, 15) is 24.0 Å². The summed E-state index contributed by atoms with van der Waals surface area (Å²) in [4.78, 5) is 63.7. The van der Waals surface area contributed by atoms with Crippen molar-refractivity contribution < 1.29 is 60.9 Å². The van der Waals surface area contributed by atoms with Crippen LogP contribution in [0.5, 0.6) is 0 Å². The number of ether oxygens (including phenoxy) is 5. The molecule has 4 heterocycles. The molecule has 0 saturated carbocycles. The van der Waals surface area contributed by atoms with E-state index < -0.39 is 36.2 Å². The topological polar surface area (TPSA) is 153 Å². The maximum absolute atomic E-state index is 12.2. The predicted octanol–water partition coefficient (Wildman–Crippen LogP) is 9.15. The van der Waals surface area contributed by atoms with E-state index in [-0.39, 0.29) is 69.6 Å². The Morgan fingerprint density at radius 3 is 1.60 bits per heavy atom. The number of nitrogens with zero attached hydrogens (tertiary/aromatic N) is 3. The minimum atomic E-state index is -0.714. The first-order valence-corrected chi connectivity index (χ1v) is 84.8. The zero-order valence-electron chi connectivity index (χ0n) is 28.8. The van der Waals surface area contributed by atoms with Gasteiger partial charge in [-0.3, -0.25) is 9.80 Å². The number of esters is 2. The molecule has 0 aliphatic carbocycles. The number of carbonyl (C=O) groups excluding carboxylic acids is 5. The molecule has 0 spiro atoms. The van der Waals surface area contributed by atoms with Gasteiger partial charge >= 0.3 is 224 Å². The van der Waals surface area contributed by atoms with Gasteiger partial charge in [-0.25, -0.2) is 24.0 Å². The van der Waals surface area contributed by atoms with Gasteiger partial charge in [0.25, 0.3) is 0 Å². The van der Waals surface area contributed by atoms with Crippen LogP contribution in [-0.2, 0) is 39.9 Å². The fraction of sp³-hybridized carbons (Fsp3) is 0.607. The summed E-state index contributed by atoms with van der Waals surface area (Å²) in [5, 5.41) is 3.22. The number of likely N-dealkylation sites (tertiary alicyclic amines) is 1. The Morgan fingerprint density at radius 1 is 0.764 bits per heavy atom. The van der Waals surface area contributed by atoms with E-state index in [1.165, 1.54) is 24.0 Å².